The molecule has 148 valence electrons. The zero-order valence-corrected chi connectivity index (χ0v) is 15.9. The third kappa shape index (κ3) is 3.68. The van der Waals surface area contributed by atoms with Crippen LogP contribution in [0, 0.1) is 0 Å². The van der Waals surface area contributed by atoms with Gasteiger partial charge in [0.25, 0.3) is 0 Å². The van der Waals surface area contributed by atoms with E-state index in [0.29, 0.717) is 36.2 Å². The number of amides is 1. The standard InChI is InChI=1S/C22H21N3O4/c26-20(11-15-5-2-1-3-6-15)25-10-4-7-17(13-25)22-24-23-21(29-22)16-8-9-18-19(12-16)28-14-27-18/h1-3,5-6,8-9,12,17H,4,7,10-11,13-14H2. The largest absolute Gasteiger partial charge is 0.454 e. The molecule has 1 fully saturated rings. The summed E-state index contributed by atoms with van der Waals surface area (Å²) in [5.41, 5.74) is 1.82. The predicted molar refractivity (Wildman–Crippen MR) is 105 cm³/mol. The van der Waals surface area contributed by atoms with Gasteiger partial charge >= 0.3 is 0 Å². The van der Waals surface area contributed by atoms with Crippen molar-refractivity contribution in [2.75, 3.05) is 19.9 Å². The molecule has 1 atom stereocenters. The third-order valence-corrected chi connectivity index (χ3v) is 5.38. The van der Waals surface area contributed by atoms with Crippen molar-refractivity contribution >= 4 is 5.91 Å². The average Bonchev–Trinajstić information content (AvgIpc) is 3.44. The van der Waals surface area contributed by atoms with Crippen LogP contribution in [-0.4, -0.2) is 40.9 Å². The highest BCUT2D eigenvalue weighted by Crippen LogP contribution is 2.36. The molecule has 1 unspecified atom stereocenters. The van der Waals surface area contributed by atoms with E-state index >= 15 is 0 Å². The fraction of sp³-hybridized carbons (Fsp3) is 0.318. The lowest BCUT2D eigenvalue weighted by Gasteiger charge is -2.31. The summed E-state index contributed by atoms with van der Waals surface area (Å²) >= 11 is 0. The van der Waals surface area contributed by atoms with Gasteiger partial charge in [0, 0.05) is 18.7 Å². The molecule has 7 heteroatoms. The zero-order chi connectivity index (χ0) is 19.6. The third-order valence-electron chi connectivity index (χ3n) is 5.38. The zero-order valence-electron chi connectivity index (χ0n) is 15.9. The number of hydrogen-bond acceptors (Lipinski definition) is 6. The molecule has 1 saturated heterocycles. The molecule has 3 heterocycles. The van der Waals surface area contributed by atoms with Crippen LogP contribution in [0.1, 0.15) is 30.2 Å². The number of ether oxygens (including phenoxy) is 2. The van der Waals surface area contributed by atoms with Gasteiger partial charge in [-0.25, -0.2) is 0 Å². The van der Waals surface area contributed by atoms with Gasteiger partial charge in [0.05, 0.1) is 12.3 Å². The Labute approximate surface area is 168 Å². The second-order valence-electron chi connectivity index (χ2n) is 7.35. The number of piperidine rings is 1. The smallest absolute Gasteiger partial charge is 0.247 e. The Morgan fingerprint density at radius 2 is 1.93 bits per heavy atom. The molecule has 7 nitrogen and oxygen atoms in total. The Morgan fingerprint density at radius 1 is 1.07 bits per heavy atom. The van der Waals surface area contributed by atoms with Crippen molar-refractivity contribution < 1.29 is 18.7 Å². The van der Waals surface area contributed by atoms with E-state index in [0.717, 1.165) is 30.5 Å². The van der Waals surface area contributed by atoms with E-state index in [1.165, 1.54) is 0 Å². The Balaban J connectivity index is 1.28. The van der Waals surface area contributed by atoms with Gasteiger partial charge in [0.2, 0.25) is 24.5 Å². The SMILES string of the molecule is O=C(Cc1ccccc1)N1CCCC(c2nnc(-c3ccc4c(c3)OCO4)o2)C1. The molecule has 0 bridgehead atoms. The van der Waals surface area contributed by atoms with E-state index in [9.17, 15) is 4.79 Å². The first-order valence-electron chi connectivity index (χ1n) is 9.81. The number of fused-ring (bicyclic) bond motifs is 1. The van der Waals surface area contributed by atoms with Crippen molar-refractivity contribution in [1.82, 2.24) is 15.1 Å². The van der Waals surface area contributed by atoms with Crippen LogP contribution < -0.4 is 9.47 Å². The fourth-order valence-corrected chi connectivity index (χ4v) is 3.83. The number of rotatable bonds is 4. The fourth-order valence-electron chi connectivity index (χ4n) is 3.83. The molecular weight excluding hydrogens is 370 g/mol. The van der Waals surface area contributed by atoms with Crippen LogP contribution in [0.2, 0.25) is 0 Å². The van der Waals surface area contributed by atoms with Crippen LogP contribution in [0.15, 0.2) is 52.9 Å². The molecule has 3 aromatic rings. The normalized spacial score (nSPS) is 18.1. The summed E-state index contributed by atoms with van der Waals surface area (Å²) in [5.74, 6) is 2.61. The molecule has 1 amide bonds. The highest BCUT2D eigenvalue weighted by molar-refractivity contribution is 5.79. The van der Waals surface area contributed by atoms with Gasteiger partial charge in [-0.15, -0.1) is 10.2 Å². The van der Waals surface area contributed by atoms with Crippen LogP contribution in [0.5, 0.6) is 11.5 Å². The number of carbonyl (C=O) groups is 1. The first-order chi connectivity index (χ1) is 14.3. The molecule has 0 spiro atoms. The van der Waals surface area contributed by atoms with Crippen LogP contribution in [0.25, 0.3) is 11.5 Å². The number of hydrogen-bond donors (Lipinski definition) is 0. The Kier molecular flexibility index (Phi) is 4.63. The molecule has 2 aromatic carbocycles. The molecule has 2 aliphatic heterocycles. The number of likely N-dealkylation sites (tertiary alicyclic amines) is 1. The maximum atomic E-state index is 12.7. The van der Waals surface area contributed by atoms with Crippen molar-refractivity contribution in [1.29, 1.82) is 0 Å². The Hall–Kier alpha value is -3.35. The lowest BCUT2D eigenvalue weighted by molar-refractivity contribution is -0.131. The summed E-state index contributed by atoms with van der Waals surface area (Å²) < 4.78 is 16.7. The highest BCUT2D eigenvalue weighted by atomic mass is 16.7. The minimum absolute atomic E-state index is 0.0544. The maximum absolute atomic E-state index is 12.7. The van der Waals surface area contributed by atoms with Gasteiger partial charge in [0.15, 0.2) is 11.5 Å². The molecule has 0 aliphatic carbocycles. The number of carbonyl (C=O) groups excluding carboxylic acids is 1. The number of aromatic nitrogens is 2. The van der Waals surface area contributed by atoms with Gasteiger partial charge in [0.1, 0.15) is 0 Å². The molecule has 1 aromatic heterocycles. The highest BCUT2D eigenvalue weighted by Gasteiger charge is 2.28. The predicted octanol–water partition coefficient (Wildman–Crippen LogP) is 3.41. The van der Waals surface area contributed by atoms with E-state index in [4.69, 9.17) is 13.9 Å². The summed E-state index contributed by atoms with van der Waals surface area (Å²) in [6.45, 7) is 1.60. The summed E-state index contributed by atoms with van der Waals surface area (Å²) in [4.78, 5) is 14.6. The van der Waals surface area contributed by atoms with Crippen molar-refractivity contribution in [2.24, 2.45) is 0 Å². The summed E-state index contributed by atoms with van der Waals surface area (Å²) in [6.07, 6.45) is 2.27. The molecule has 0 radical (unpaired) electrons. The van der Waals surface area contributed by atoms with Crippen LogP contribution >= 0.6 is 0 Å². The topological polar surface area (TPSA) is 77.7 Å². The van der Waals surface area contributed by atoms with E-state index in [2.05, 4.69) is 10.2 Å². The molecule has 2 aliphatic rings. The average molecular weight is 391 g/mol. The summed E-state index contributed by atoms with van der Waals surface area (Å²) in [5, 5.41) is 8.47. The minimum atomic E-state index is 0.0544. The van der Waals surface area contributed by atoms with Crippen molar-refractivity contribution in [3.8, 4) is 23.0 Å². The number of nitrogens with zero attached hydrogens (tertiary/aromatic N) is 3. The summed E-state index contributed by atoms with van der Waals surface area (Å²) in [6, 6.07) is 15.4. The lowest BCUT2D eigenvalue weighted by atomic mass is 9.97. The van der Waals surface area contributed by atoms with Crippen molar-refractivity contribution in [2.45, 2.75) is 25.2 Å². The van der Waals surface area contributed by atoms with Gasteiger partial charge in [-0.1, -0.05) is 30.3 Å². The van der Waals surface area contributed by atoms with Crippen LogP contribution in [-0.2, 0) is 11.2 Å². The molecule has 0 N–H and O–H groups in total. The molecule has 5 rings (SSSR count). The van der Waals surface area contributed by atoms with E-state index < -0.39 is 0 Å². The van der Waals surface area contributed by atoms with Crippen LogP contribution in [0.4, 0.5) is 0 Å². The Bertz CT molecular complexity index is 1020. The van der Waals surface area contributed by atoms with Crippen molar-refractivity contribution in [3.63, 3.8) is 0 Å². The monoisotopic (exact) mass is 391 g/mol. The second kappa shape index (κ2) is 7.58. The van der Waals surface area contributed by atoms with Gasteiger partial charge in [-0.3, -0.25) is 4.79 Å². The quantitative estimate of drug-likeness (QED) is 0.678. The van der Waals surface area contributed by atoms with Gasteiger partial charge in [-0.05, 0) is 36.6 Å². The molecule has 29 heavy (non-hydrogen) atoms. The van der Waals surface area contributed by atoms with Gasteiger partial charge in [-0.2, -0.15) is 0 Å². The van der Waals surface area contributed by atoms with Crippen molar-refractivity contribution in [3.05, 3.63) is 60.0 Å². The van der Waals surface area contributed by atoms with Gasteiger partial charge < -0.3 is 18.8 Å². The minimum Gasteiger partial charge on any atom is -0.454 e. The summed E-state index contributed by atoms with van der Waals surface area (Å²) in [7, 11) is 0. The van der Waals surface area contributed by atoms with E-state index in [1.807, 2.05) is 53.4 Å². The Morgan fingerprint density at radius 3 is 2.83 bits per heavy atom. The second-order valence-corrected chi connectivity index (χ2v) is 7.35. The first-order valence-corrected chi connectivity index (χ1v) is 9.81. The molecular formula is C22H21N3O4. The number of benzene rings is 2. The first kappa shape index (κ1) is 17.7. The molecule has 0 saturated carbocycles. The lowest BCUT2D eigenvalue weighted by Crippen LogP contribution is -2.40. The van der Waals surface area contributed by atoms with E-state index in [-0.39, 0.29) is 18.6 Å². The van der Waals surface area contributed by atoms with Crippen LogP contribution in [0.3, 0.4) is 0 Å². The van der Waals surface area contributed by atoms with E-state index in [1.54, 1.807) is 0 Å². The maximum Gasteiger partial charge on any atom is 0.247 e.